The molecule has 2 aliphatic heterocycles. The van der Waals surface area contributed by atoms with Crippen molar-refractivity contribution in [3.05, 3.63) is 47.5 Å². The minimum absolute atomic E-state index is 0.191. The lowest BCUT2D eigenvalue weighted by Gasteiger charge is -2.27. The Kier molecular flexibility index (Phi) is 6.04. The van der Waals surface area contributed by atoms with Crippen molar-refractivity contribution in [1.82, 2.24) is 14.7 Å². The Hall–Kier alpha value is -2.92. The first kappa shape index (κ1) is 18.9. The van der Waals surface area contributed by atoms with E-state index >= 15 is 0 Å². The summed E-state index contributed by atoms with van der Waals surface area (Å²) in [7, 11) is 0. The molecular weight excluding hydrogens is 349 g/mol. The number of rotatable bonds is 2. The Bertz CT molecular complexity index is 814. The maximum absolute atomic E-state index is 13.1. The molecule has 1 N–H and O–H groups in total. The lowest BCUT2D eigenvalue weighted by Crippen LogP contribution is -2.37. The Labute approximate surface area is 157 Å². The first-order valence-electron chi connectivity index (χ1n) is 8.94. The van der Waals surface area contributed by atoms with Gasteiger partial charge in [-0.25, -0.2) is 4.39 Å². The monoisotopic (exact) mass is 371 g/mol. The number of nitrogens with zero attached hydrogens (tertiary/aromatic N) is 5. The number of anilines is 1. The molecule has 4 rings (SSSR count). The van der Waals surface area contributed by atoms with E-state index in [4.69, 9.17) is 15.2 Å². The van der Waals surface area contributed by atoms with E-state index in [2.05, 4.69) is 21.0 Å². The summed E-state index contributed by atoms with van der Waals surface area (Å²) in [6.45, 7) is 4.48. The highest BCUT2D eigenvalue weighted by Crippen LogP contribution is 2.25. The van der Waals surface area contributed by atoms with E-state index in [0.29, 0.717) is 11.7 Å². The Balaban J connectivity index is 0.000000659. The number of carbonyl (C=O) groups is 1. The number of aryl methyl sites for hydroxylation is 1. The van der Waals surface area contributed by atoms with Gasteiger partial charge in [0.2, 0.25) is 0 Å². The van der Waals surface area contributed by atoms with E-state index in [9.17, 15) is 4.39 Å². The van der Waals surface area contributed by atoms with E-state index in [1.165, 1.54) is 12.1 Å². The van der Waals surface area contributed by atoms with Crippen LogP contribution in [0.5, 0.6) is 0 Å². The summed E-state index contributed by atoms with van der Waals surface area (Å²) in [5.74, 6) is -0.191. The Morgan fingerprint density at radius 2 is 2.00 bits per heavy atom. The number of hydrogen-bond donors (Lipinski definition) is 1. The molecule has 0 radical (unpaired) electrons. The van der Waals surface area contributed by atoms with Gasteiger partial charge in [0.05, 0.1) is 5.69 Å². The van der Waals surface area contributed by atoms with Crippen LogP contribution in [0.3, 0.4) is 0 Å². The fourth-order valence-electron chi connectivity index (χ4n) is 3.78. The first-order valence-corrected chi connectivity index (χ1v) is 8.94. The number of benzene rings is 1. The van der Waals surface area contributed by atoms with Gasteiger partial charge in [-0.3, -0.25) is 14.4 Å². The summed E-state index contributed by atoms with van der Waals surface area (Å²) in [5.41, 5.74) is 2.72. The molecule has 1 saturated heterocycles. The summed E-state index contributed by atoms with van der Waals surface area (Å²) in [6.07, 6.45) is 2.16. The molecule has 27 heavy (non-hydrogen) atoms. The molecule has 1 unspecified atom stereocenters. The normalized spacial score (nSPS) is 19.4. The maximum atomic E-state index is 13.1. The van der Waals surface area contributed by atoms with Crippen LogP contribution in [0.1, 0.15) is 24.2 Å². The van der Waals surface area contributed by atoms with Crippen molar-refractivity contribution in [2.45, 2.75) is 32.0 Å². The van der Waals surface area contributed by atoms with Crippen molar-refractivity contribution in [1.29, 1.82) is 5.26 Å². The number of aromatic nitrogens is 2. The van der Waals surface area contributed by atoms with E-state index in [0.717, 1.165) is 56.9 Å². The molecule has 2 aliphatic rings. The van der Waals surface area contributed by atoms with Crippen molar-refractivity contribution in [2.24, 2.45) is 0 Å². The Morgan fingerprint density at radius 3 is 2.70 bits per heavy atom. The number of fused-ring (bicyclic) bond motifs is 1. The third-order valence-corrected chi connectivity index (χ3v) is 5.03. The van der Waals surface area contributed by atoms with Gasteiger partial charge in [-0.15, -0.1) is 0 Å². The van der Waals surface area contributed by atoms with Gasteiger partial charge in [0.15, 0.2) is 5.69 Å². The zero-order valence-electron chi connectivity index (χ0n) is 15.0. The lowest BCUT2D eigenvalue weighted by atomic mass is 10.2. The Morgan fingerprint density at radius 1 is 1.26 bits per heavy atom. The molecular formula is C19H22FN5O2. The van der Waals surface area contributed by atoms with Crippen molar-refractivity contribution in [2.75, 3.05) is 24.5 Å². The van der Waals surface area contributed by atoms with Crippen LogP contribution in [0.15, 0.2) is 30.3 Å². The molecule has 1 aromatic carbocycles. The molecule has 1 atom stereocenters. The molecule has 0 bridgehead atoms. The predicted octanol–water partition coefficient (Wildman–Crippen LogP) is 2.08. The summed E-state index contributed by atoms with van der Waals surface area (Å²) in [6, 6.07) is 11.3. The fourth-order valence-corrected chi connectivity index (χ4v) is 3.78. The van der Waals surface area contributed by atoms with Gasteiger partial charge in [-0.05, 0) is 43.2 Å². The van der Waals surface area contributed by atoms with Crippen molar-refractivity contribution < 1.29 is 14.3 Å². The fraction of sp³-hybridized carbons (Fsp3) is 0.421. The smallest absolute Gasteiger partial charge is 0.290 e. The highest BCUT2D eigenvalue weighted by atomic mass is 19.1. The van der Waals surface area contributed by atoms with Crippen LogP contribution in [0.2, 0.25) is 0 Å². The molecule has 0 spiro atoms. The minimum Gasteiger partial charge on any atom is -0.483 e. The molecule has 0 amide bonds. The van der Waals surface area contributed by atoms with Crippen LogP contribution in [-0.4, -0.2) is 51.9 Å². The third kappa shape index (κ3) is 4.44. The molecule has 8 heteroatoms. The molecule has 0 aliphatic carbocycles. The van der Waals surface area contributed by atoms with E-state index in [1.54, 1.807) is 0 Å². The summed E-state index contributed by atoms with van der Waals surface area (Å²) in [5, 5.41) is 20.3. The molecule has 7 nitrogen and oxygen atoms in total. The second-order valence-electron chi connectivity index (χ2n) is 6.65. The number of hydrogen-bond acceptors (Lipinski definition) is 5. The molecule has 1 aromatic heterocycles. The zero-order chi connectivity index (χ0) is 19.2. The van der Waals surface area contributed by atoms with Crippen LogP contribution in [0.4, 0.5) is 10.1 Å². The minimum atomic E-state index is -0.250. The molecule has 2 aromatic rings. The van der Waals surface area contributed by atoms with E-state index in [-0.39, 0.29) is 12.3 Å². The van der Waals surface area contributed by atoms with Gasteiger partial charge in [-0.1, -0.05) is 0 Å². The summed E-state index contributed by atoms with van der Waals surface area (Å²) in [4.78, 5) is 13.2. The van der Waals surface area contributed by atoms with Gasteiger partial charge in [0.1, 0.15) is 11.9 Å². The molecule has 1 fully saturated rings. The van der Waals surface area contributed by atoms with Crippen LogP contribution in [-0.2, 0) is 17.9 Å². The van der Waals surface area contributed by atoms with Gasteiger partial charge < -0.3 is 10.0 Å². The van der Waals surface area contributed by atoms with Crippen LogP contribution in [0.25, 0.3) is 0 Å². The predicted molar refractivity (Wildman–Crippen MR) is 97.7 cm³/mol. The number of carboxylic acid groups (broad SMARTS) is 1. The van der Waals surface area contributed by atoms with Crippen LogP contribution >= 0.6 is 0 Å². The summed E-state index contributed by atoms with van der Waals surface area (Å²) < 4.78 is 15.1. The average Bonchev–Trinajstić information content (AvgIpc) is 3.26. The first-order chi connectivity index (χ1) is 13.1. The quantitative estimate of drug-likeness (QED) is 0.814. The maximum Gasteiger partial charge on any atom is 0.290 e. The zero-order valence-corrected chi connectivity index (χ0v) is 15.0. The summed E-state index contributed by atoms with van der Waals surface area (Å²) >= 11 is 0. The van der Waals surface area contributed by atoms with Crippen LogP contribution < -0.4 is 4.90 Å². The van der Waals surface area contributed by atoms with Crippen LogP contribution in [0, 0.1) is 17.1 Å². The van der Waals surface area contributed by atoms with Crippen molar-refractivity contribution in [3.8, 4) is 6.07 Å². The largest absolute Gasteiger partial charge is 0.483 e. The van der Waals surface area contributed by atoms with Gasteiger partial charge >= 0.3 is 0 Å². The standard InChI is InChI=1S/C18H20FN5.CH2O2/c19-14-2-4-16(5-3-14)23-9-6-17(12-23)22-7-1-8-24-18(13-22)10-15(11-20)21-24;2-1-3/h2-5,10,17H,1,6-9,12-13H2;1H,(H,2,3). The average molecular weight is 371 g/mol. The van der Waals surface area contributed by atoms with Gasteiger partial charge in [0, 0.05) is 44.5 Å². The van der Waals surface area contributed by atoms with Gasteiger partial charge in [-0.2, -0.15) is 10.4 Å². The topological polar surface area (TPSA) is 85.4 Å². The number of halogens is 1. The molecule has 3 heterocycles. The van der Waals surface area contributed by atoms with Crippen molar-refractivity contribution >= 4 is 12.2 Å². The second kappa shape index (κ2) is 8.64. The van der Waals surface area contributed by atoms with Gasteiger partial charge in [0.25, 0.3) is 6.47 Å². The van der Waals surface area contributed by atoms with E-state index in [1.807, 2.05) is 22.9 Å². The highest BCUT2D eigenvalue weighted by Gasteiger charge is 2.29. The third-order valence-electron chi connectivity index (χ3n) is 5.03. The molecule has 0 saturated carbocycles. The number of nitriles is 1. The molecule has 142 valence electrons. The lowest BCUT2D eigenvalue weighted by molar-refractivity contribution is -0.122. The van der Waals surface area contributed by atoms with E-state index < -0.39 is 0 Å². The highest BCUT2D eigenvalue weighted by molar-refractivity contribution is 5.47. The van der Waals surface area contributed by atoms with Crippen molar-refractivity contribution in [3.63, 3.8) is 0 Å². The SMILES string of the molecule is N#Cc1cc2n(n1)CCCN(C1CCN(c3ccc(F)cc3)C1)C2.O=CO. The second-order valence-corrected chi connectivity index (χ2v) is 6.65.